The Balaban J connectivity index is 2.21. The summed E-state index contributed by atoms with van der Waals surface area (Å²) in [4.78, 5) is 18.5. The van der Waals surface area contributed by atoms with E-state index in [-0.39, 0.29) is 11.7 Å². The molecule has 2 heterocycles. The average Bonchev–Trinajstić information content (AvgIpc) is 2.30. The first kappa shape index (κ1) is 11.6. The van der Waals surface area contributed by atoms with Crippen LogP contribution in [-0.4, -0.2) is 34.6 Å². The molecule has 1 aliphatic heterocycles. The second kappa shape index (κ2) is 5.47. The molecule has 1 aromatic heterocycles. The van der Waals surface area contributed by atoms with Crippen LogP contribution in [-0.2, 0) is 11.2 Å². The van der Waals surface area contributed by atoms with Gasteiger partial charge in [-0.2, -0.15) is 11.8 Å². The lowest BCUT2D eigenvalue weighted by molar-refractivity contribution is 0.0691. The topological polar surface area (TPSA) is 81.0 Å². The van der Waals surface area contributed by atoms with Crippen molar-refractivity contribution in [2.24, 2.45) is 5.73 Å². The fourth-order valence-electron chi connectivity index (χ4n) is 1.60. The molecule has 0 bridgehead atoms. The second-order valence-electron chi connectivity index (χ2n) is 3.59. The summed E-state index contributed by atoms with van der Waals surface area (Å²) in [6.07, 6.45) is 0.528. The van der Waals surface area contributed by atoms with E-state index in [1.54, 1.807) is 0 Å². The number of aromatic nitrogens is 2. The fourth-order valence-corrected chi connectivity index (χ4v) is 2.45. The number of hydrogen-bond donors (Lipinski definition) is 2. The van der Waals surface area contributed by atoms with Crippen molar-refractivity contribution in [3.8, 4) is 0 Å². The zero-order valence-corrected chi connectivity index (χ0v) is 9.76. The van der Waals surface area contributed by atoms with Gasteiger partial charge < -0.3 is 15.5 Å². The highest BCUT2D eigenvalue weighted by atomic mass is 32.2. The number of hydrogen-bond acceptors (Lipinski definition) is 5. The Morgan fingerprint density at radius 1 is 1.69 bits per heavy atom. The highest BCUT2D eigenvalue weighted by molar-refractivity contribution is 7.99. The Kier molecular flexibility index (Phi) is 3.98. The number of H-pyrrole nitrogens is 1. The summed E-state index contributed by atoms with van der Waals surface area (Å²) < 4.78 is 5.57. The minimum absolute atomic E-state index is 0.0934. The second-order valence-corrected chi connectivity index (χ2v) is 4.74. The van der Waals surface area contributed by atoms with Crippen LogP contribution in [0.25, 0.3) is 0 Å². The van der Waals surface area contributed by atoms with Gasteiger partial charge in [-0.25, -0.2) is 4.98 Å². The molecule has 1 unspecified atom stereocenters. The van der Waals surface area contributed by atoms with Crippen LogP contribution in [0.5, 0.6) is 0 Å². The van der Waals surface area contributed by atoms with E-state index in [4.69, 9.17) is 10.5 Å². The Bertz CT molecular complexity index is 401. The van der Waals surface area contributed by atoms with Crippen molar-refractivity contribution in [1.29, 1.82) is 0 Å². The molecule has 3 N–H and O–H groups in total. The van der Waals surface area contributed by atoms with Crippen LogP contribution in [0.4, 0.5) is 0 Å². The molecular formula is C10H15N3O2S. The van der Waals surface area contributed by atoms with Gasteiger partial charge in [-0.1, -0.05) is 0 Å². The maximum absolute atomic E-state index is 11.4. The summed E-state index contributed by atoms with van der Waals surface area (Å²) in [5.74, 6) is 2.47. The van der Waals surface area contributed by atoms with Crippen LogP contribution in [0.3, 0.4) is 0 Å². The molecule has 0 amide bonds. The zero-order valence-electron chi connectivity index (χ0n) is 8.94. The average molecular weight is 241 g/mol. The number of nitrogens with zero attached hydrogens (tertiary/aromatic N) is 1. The molecule has 0 saturated carbocycles. The molecule has 1 fully saturated rings. The van der Waals surface area contributed by atoms with Crippen molar-refractivity contribution in [2.75, 3.05) is 24.7 Å². The van der Waals surface area contributed by atoms with Crippen LogP contribution in [0, 0.1) is 0 Å². The van der Waals surface area contributed by atoms with Crippen LogP contribution in [0.2, 0.25) is 0 Å². The summed E-state index contributed by atoms with van der Waals surface area (Å²) >= 11 is 1.81. The Morgan fingerprint density at radius 3 is 3.25 bits per heavy atom. The van der Waals surface area contributed by atoms with E-state index >= 15 is 0 Å². The van der Waals surface area contributed by atoms with Crippen molar-refractivity contribution in [2.45, 2.75) is 12.5 Å². The summed E-state index contributed by atoms with van der Waals surface area (Å²) in [5, 5.41) is 0. The number of rotatable bonds is 3. The molecule has 0 aromatic carbocycles. The predicted octanol–water partition coefficient (Wildman–Crippen LogP) is 0.0756. The van der Waals surface area contributed by atoms with E-state index in [0.717, 1.165) is 17.2 Å². The van der Waals surface area contributed by atoms with E-state index in [2.05, 4.69) is 9.97 Å². The molecule has 2 rings (SSSR count). The molecule has 1 aromatic rings. The highest BCUT2D eigenvalue weighted by Crippen LogP contribution is 2.23. The first-order valence-corrected chi connectivity index (χ1v) is 6.44. The molecule has 1 aliphatic rings. The third-order valence-corrected chi connectivity index (χ3v) is 3.33. The Hall–Kier alpha value is -0.850. The molecule has 88 valence electrons. The first-order valence-electron chi connectivity index (χ1n) is 5.29. The van der Waals surface area contributed by atoms with Gasteiger partial charge in [0.2, 0.25) is 0 Å². The molecular weight excluding hydrogens is 226 g/mol. The monoisotopic (exact) mass is 241 g/mol. The molecule has 0 radical (unpaired) electrons. The predicted molar refractivity (Wildman–Crippen MR) is 63.6 cm³/mol. The van der Waals surface area contributed by atoms with Crippen LogP contribution in [0.1, 0.15) is 17.6 Å². The van der Waals surface area contributed by atoms with Crippen LogP contribution >= 0.6 is 11.8 Å². The number of aromatic amines is 1. The van der Waals surface area contributed by atoms with Crippen molar-refractivity contribution < 1.29 is 4.74 Å². The number of nitrogens with two attached hydrogens (primary N) is 1. The van der Waals surface area contributed by atoms with Gasteiger partial charge in [0.15, 0.2) is 0 Å². The van der Waals surface area contributed by atoms with Gasteiger partial charge in [-0.05, 0) is 6.54 Å². The number of nitrogens with one attached hydrogen (secondary N) is 1. The lowest BCUT2D eigenvalue weighted by Crippen LogP contribution is -2.23. The van der Waals surface area contributed by atoms with Gasteiger partial charge in [0, 0.05) is 29.7 Å². The molecule has 0 aliphatic carbocycles. The minimum atomic E-state index is -0.132. The van der Waals surface area contributed by atoms with Crippen molar-refractivity contribution in [3.05, 3.63) is 27.9 Å². The summed E-state index contributed by atoms with van der Waals surface area (Å²) in [6, 6.07) is 1.49. The smallest absolute Gasteiger partial charge is 0.251 e. The largest absolute Gasteiger partial charge is 0.369 e. The van der Waals surface area contributed by atoms with Gasteiger partial charge in [0.25, 0.3) is 5.56 Å². The molecule has 5 nitrogen and oxygen atoms in total. The summed E-state index contributed by atoms with van der Waals surface area (Å²) in [7, 11) is 0. The maximum Gasteiger partial charge on any atom is 0.251 e. The van der Waals surface area contributed by atoms with Gasteiger partial charge in [0.1, 0.15) is 11.9 Å². The van der Waals surface area contributed by atoms with Gasteiger partial charge in [-0.3, -0.25) is 4.79 Å². The Labute approximate surface area is 97.8 Å². The van der Waals surface area contributed by atoms with Gasteiger partial charge >= 0.3 is 0 Å². The third kappa shape index (κ3) is 2.84. The third-order valence-electron chi connectivity index (χ3n) is 2.33. The lowest BCUT2D eigenvalue weighted by Gasteiger charge is -2.21. The molecule has 1 saturated heterocycles. The fraction of sp³-hybridized carbons (Fsp3) is 0.600. The van der Waals surface area contributed by atoms with Gasteiger partial charge in [-0.15, -0.1) is 0 Å². The quantitative estimate of drug-likeness (QED) is 0.783. The van der Waals surface area contributed by atoms with Crippen LogP contribution in [0.15, 0.2) is 10.9 Å². The number of thioether (sulfide) groups is 1. The molecule has 1 atom stereocenters. The highest BCUT2D eigenvalue weighted by Gasteiger charge is 2.19. The molecule has 0 spiro atoms. The molecule has 16 heavy (non-hydrogen) atoms. The van der Waals surface area contributed by atoms with Gasteiger partial charge in [0.05, 0.1) is 6.61 Å². The van der Waals surface area contributed by atoms with Crippen molar-refractivity contribution >= 4 is 11.8 Å². The standard InChI is InChI=1S/C10H15N3O2S/c11-2-1-7-5-9(14)13-10(12-7)8-6-16-4-3-15-8/h5,8H,1-4,6,11H2,(H,12,13,14). The maximum atomic E-state index is 11.4. The lowest BCUT2D eigenvalue weighted by atomic mass is 10.3. The Morgan fingerprint density at radius 2 is 2.56 bits per heavy atom. The van der Waals surface area contributed by atoms with E-state index in [9.17, 15) is 4.79 Å². The van der Waals surface area contributed by atoms with Crippen LogP contribution < -0.4 is 11.3 Å². The normalized spacial score (nSPS) is 20.9. The van der Waals surface area contributed by atoms with E-state index < -0.39 is 0 Å². The SMILES string of the molecule is NCCc1cc(=O)[nH]c(C2CSCCO2)n1. The van der Waals surface area contributed by atoms with E-state index in [0.29, 0.717) is 25.4 Å². The first-order chi connectivity index (χ1) is 7.79. The minimum Gasteiger partial charge on any atom is -0.369 e. The summed E-state index contributed by atoms with van der Waals surface area (Å²) in [5.41, 5.74) is 6.06. The van der Waals surface area contributed by atoms with E-state index in [1.165, 1.54) is 6.07 Å². The number of ether oxygens (including phenoxy) is 1. The molecule has 6 heteroatoms. The van der Waals surface area contributed by atoms with E-state index in [1.807, 2.05) is 11.8 Å². The summed E-state index contributed by atoms with van der Waals surface area (Å²) in [6.45, 7) is 1.20. The van der Waals surface area contributed by atoms with Crippen molar-refractivity contribution in [3.63, 3.8) is 0 Å². The zero-order chi connectivity index (χ0) is 11.4. The van der Waals surface area contributed by atoms with Crippen molar-refractivity contribution in [1.82, 2.24) is 9.97 Å².